The molecule has 0 radical (unpaired) electrons. The van der Waals surface area contributed by atoms with Gasteiger partial charge in [-0.2, -0.15) is 0 Å². The summed E-state index contributed by atoms with van der Waals surface area (Å²) in [5.41, 5.74) is 0. The van der Waals surface area contributed by atoms with Crippen LogP contribution in [0.2, 0.25) is 0 Å². The molecule has 18 heavy (non-hydrogen) atoms. The predicted molar refractivity (Wildman–Crippen MR) is 71.2 cm³/mol. The second kappa shape index (κ2) is 8.91. The number of carbonyl (C=O) groups excluding carboxylic acids is 2. The lowest BCUT2D eigenvalue weighted by Gasteiger charge is -2.27. The van der Waals surface area contributed by atoms with Crippen molar-refractivity contribution in [1.82, 2.24) is 15.5 Å². The van der Waals surface area contributed by atoms with E-state index in [0.29, 0.717) is 6.42 Å². The Balaban J connectivity index is 2.07. The predicted octanol–water partition coefficient (Wildman–Crippen LogP) is 0.505. The molecule has 0 unspecified atom stereocenters. The maximum Gasteiger partial charge on any atom is 0.242 e. The van der Waals surface area contributed by atoms with Crippen molar-refractivity contribution in [3.8, 4) is 0 Å². The third-order valence-corrected chi connectivity index (χ3v) is 3.16. The van der Waals surface area contributed by atoms with Gasteiger partial charge in [-0.1, -0.05) is 26.2 Å². The molecule has 0 saturated carbocycles. The number of nitrogens with one attached hydrogen (secondary N) is 2. The summed E-state index contributed by atoms with van der Waals surface area (Å²) in [6.45, 7) is 5.46. The fourth-order valence-electron chi connectivity index (χ4n) is 2.00. The first kappa shape index (κ1) is 15.0. The summed E-state index contributed by atoms with van der Waals surface area (Å²) in [7, 11) is 0. The van der Waals surface area contributed by atoms with Crippen LogP contribution in [0.4, 0.5) is 0 Å². The zero-order valence-corrected chi connectivity index (χ0v) is 11.3. The highest BCUT2D eigenvalue weighted by Crippen LogP contribution is 2.02. The van der Waals surface area contributed by atoms with Crippen molar-refractivity contribution in [3.63, 3.8) is 0 Å². The number of unbranched alkanes of at least 4 members (excludes halogenated alkanes) is 3. The number of carbonyl (C=O) groups is 2. The van der Waals surface area contributed by atoms with Gasteiger partial charge in [0.15, 0.2) is 0 Å². The molecule has 2 amide bonds. The van der Waals surface area contributed by atoms with Crippen molar-refractivity contribution in [3.05, 3.63) is 0 Å². The molecule has 2 N–H and O–H groups in total. The van der Waals surface area contributed by atoms with Gasteiger partial charge < -0.3 is 15.5 Å². The van der Waals surface area contributed by atoms with E-state index in [4.69, 9.17) is 0 Å². The third kappa shape index (κ3) is 6.00. The SMILES string of the molecule is CCCCCCC(=O)NCC(=O)N1CCNCC1. The molecule has 1 fully saturated rings. The Labute approximate surface area is 109 Å². The molecule has 1 rings (SSSR count). The Morgan fingerprint density at radius 3 is 2.56 bits per heavy atom. The van der Waals surface area contributed by atoms with Crippen LogP contribution in [0.15, 0.2) is 0 Å². The van der Waals surface area contributed by atoms with Gasteiger partial charge in [0.1, 0.15) is 0 Å². The molecule has 104 valence electrons. The van der Waals surface area contributed by atoms with Crippen LogP contribution in [0.5, 0.6) is 0 Å². The zero-order chi connectivity index (χ0) is 13.2. The monoisotopic (exact) mass is 255 g/mol. The fraction of sp³-hybridized carbons (Fsp3) is 0.846. The number of piperazine rings is 1. The van der Waals surface area contributed by atoms with Gasteiger partial charge >= 0.3 is 0 Å². The highest BCUT2D eigenvalue weighted by Gasteiger charge is 2.16. The minimum absolute atomic E-state index is 0.00501. The molecule has 0 spiro atoms. The molecule has 0 aromatic carbocycles. The van der Waals surface area contributed by atoms with Gasteiger partial charge in [0, 0.05) is 32.6 Å². The second-order valence-corrected chi connectivity index (χ2v) is 4.72. The molecular weight excluding hydrogens is 230 g/mol. The van der Waals surface area contributed by atoms with Crippen molar-refractivity contribution in [2.75, 3.05) is 32.7 Å². The molecule has 1 aliphatic rings. The lowest BCUT2D eigenvalue weighted by atomic mass is 10.1. The normalized spacial score (nSPS) is 15.5. The Bertz CT molecular complexity index is 263. The quantitative estimate of drug-likeness (QED) is 0.651. The molecular formula is C13H25N3O2. The molecule has 1 aliphatic heterocycles. The van der Waals surface area contributed by atoms with Gasteiger partial charge in [-0.05, 0) is 6.42 Å². The number of hydrogen-bond acceptors (Lipinski definition) is 3. The summed E-state index contributed by atoms with van der Waals surface area (Å²) < 4.78 is 0. The van der Waals surface area contributed by atoms with E-state index in [9.17, 15) is 9.59 Å². The van der Waals surface area contributed by atoms with Crippen LogP contribution in [0.1, 0.15) is 39.0 Å². The van der Waals surface area contributed by atoms with Gasteiger partial charge in [-0.15, -0.1) is 0 Å². The van der Waals surface area contributed by atoms with Crippen LogP contribution >= 0.6 is 0 Å². The third-order valence-electron chi connectivity index (χ3n) is 3.16. The standard InChI is InChI=1S/C13H25N3O2/c1-2-3-4-5-6-12(17)15-11-13(18)16-9-7-14-8-10-16/h14H,2-11H2,1H3,(H,15,17). The Morgan fingerprint density at radius 2 is 1.89 bits per heavy atom. The maximum atomic E-state index is 11.8. The summed E-state index contributed by atoms with van der Waals surface area (Å²) in [5.74, 6) is 0.0213. The van der Waals surface area contributed by atoms with Crippen molar-refractivity contribution >= 4 is 11.8 Å². The van der Waals surface area contributed by atoms with Crippen LogP contribution in [-0.2, 0) is 9.59 Å². The molecule has 1 saturated heterocycles. The van der Waals surface area contributed by atoms with E-state index in [1.807, 2.05) is 0 Å². The molecule has 0 bridgehead atoms. The highest BCUT2D eigenvalue weighted by atomic mass is 16.2. The zero-order valence-electron chi connectivity index (χ0n) is 11.3. The van der Waals surface area contributed by atoms with Crippen LogP contribution in [0.3, 0.4) is 0 Å². The Hall–Kier alpha value is -1.10. The fourth-order valence-corrected chi connectivity index (χ4v) is 2.00. The number of hydrogen-bond donors (Lipinski definition) is 2. The average molecular weight is 255 g/mol. The molecule has 5 heteroatoms. The lowest BCUT2D eigenvalue weighted by Crippen LogP contribution is -2.49. The molecule has 0 atom stereocenters. The summed E-state index contributed by atoms with van der Waals surface area (Å²) in [5, 5.41) is 5.90. The Morgan fingerprint density at radius 1 is 1.17 bits per heavy atom. The van der Waals surface area contributed by atoms with E-state index < -0.39 is 0 Å². The molecule has 0 aromatic rings. The maximum absolute atomic E-state index is 11.8. The molecule has 1 heterocycles. The first-order chi connectivity index (χ1) is 8.74. The van der Waals surface area contributed by atoms with E-state index in [-0.39, 0.29) is 18.4 Å². The smallest absolute Gasteiger partial charge is 0.242 e. The highest BCUT2D eigenvalue weighted by molar-refractivity contribution is 5.84. The van der Waals surface area contributed by atoms with Gasteiger partial charge in [0.25, 0.3) is 0 Å². The minimum Gasteiger partial charge on any atom is -0.347 e. The largest absolute Gasteiger partial charge is 0.347 e. The van der Waals surface area contributed by atoms with Gasteiger partial charge in [-0.25, -0.2) is 0 Å². The Kier molecular flexibility index (Phi) is 7.41. The summed E-state index contributed by atoms with van der Waals surface area (Å²) >= 11 is 0. The topological polar surface area (TPSA) is 61.4 Å². The van der Waals surface area contributed by atoms with Crippen molar-refractivity contribution in [1.29, 1.82) is 0 Å². The number of rotatable bonds is 7. The van der Waals surface area contributed by atoms with E-state index in [2.05, 4.69) is 17.6 Å². The first-order valence-corrected chi connectivity index (χ1v) is 6.99. The lowest BCUT2D eigenvalue weighted by molar-refractivity contribution is -0.133. The first-order valence-electron chi connectivity index (χ1n) is 6.99. The summed E-state index contributed by atoms with van der Waals surface area (Å²) in [6.07, 6.45) is 4.89. The van der Waals surface area contributed by atoms with Gasteiger partial charge in [0.2, 0.25) is 11.8 Å². The van der Waals surface area contributed by atoms with E-state index in [1.54, 1.807) is 4.90 Å². The molecule has 0 aliphatic carbocycles. The van der Waals surface area contributed by atoms with Crippen LogP contribution in [-0.4, -0.2) is 49.4 Å². The minimum atomic E-state index is -0.00501. The van der Waals surface area contributed by atoms with E-state index >= 15 is 0 Å². The molecule has 0 aromatic heterocycles. The summed E-state index contributed by atoms with van der Waals surface area (Å²) in [6, 6.07) is 0. The van der Waals surface area contributed by atoms with Gasteiger partial charge in [-0.3, -0.25) is 9.59 Å². The van der Waals surface area contributed by atoms with Crippen LogP contribution in [0.25, 0.3) is 0 Å². The van der Waals surface area contributed by atoms with Crippen LogP contribution in [0, 0.1) is 0 Å². The summed E-state index contributed by atoms with van der Waals surface area (Å²) in [4.78, 5) is 25.1. The van der Waals surface area contributed by atoms with E-state index in [1.165, 1.54) is 12.8 Å². The average Bonchev–Trinajstić information content (AvgIpc) is 2.42. The van der Waals surface area contributed by atoms with Crippen LogP contribution < -0.4 is 10.6 Å². The molecule has 5 nitrogen and oxygen atoms in total. The van der Waals surface area contributed by atoms with Crippen molar-refractivity contribution in [2.24, 2.45) is 0 Å². The van der Waals surface area contributed by atoms with Gasteiger partial charge in [0.05, 0.1) is 6.54 Å². The number of nitrogens with zero attached hydrogens (tertiary/aromatic N) is 1. The van der Waals surface area contributed by atoms with Crippen molar-refractivity contribution < 1.29 is 9.59 Å². The van der Waals surface area contributed by atoms with E-state index in [0.717, 1.165) is 39.0 Å². The van der Waals surface area contributed by atoms with Crippen molar-refractivity contribution in [2.45, 2.75) is 39.0 Å². The number of amides is 2. The second-order valence-electron chi connectivity index (χ2n) is 4.72.